The summed E-state index contributed by atoms with van der Waals surface area (Å²) in [5.41, 5.74) is 1.26. The van der Waals surface area contributed by atoms with Gasteiger partial charge in [0.05, 0.1) is 16.5 Å². The predicted octanol–water partition coefficient (Wildman–Crippen LogP) is 4.06. The minimum atomic E-state index is -0.346. The second kappa shape index (κ2) is 7.34. The van der Waals surface area contributed by atoms with Crippen molar-refractivity contribution < 1.29 is 14.3 Å². The zero-order valence-corrected chi connectivity index (χ0v) is 14.6. The molecule has 0 aliphatic carbocycles. The van der Waals surface area contributed by atoms with Crippen molar-refractivity contribution in [2.75, 3.05) is 23.0 Å². The summed E-state index contributed by atoms with van der Waals surface area (Å²) in [6, 6.07) is 10.1. The summed E-state index contributed by atoms with van der Waals surface area (Å²) in [4.78, 5) is 24.4. The Morgan fingerprint density at radius 2 is 2.08 bits per heavy atom. The van der Waals surface area contributed by atoms with Crippen LogP contribution in [0.5, 0.6) is 5.75 Å². The average Bonchev–Trinajstić information content (AvgIpc) is 2.55. The summed E-state index contributed by atoms with van der Waals surface area (Å²) >= 11 is 13.3. The maximum Gasteiger partial charge on any atom is 0.262 e. The van der Waals surface area contributed by atoms with Crippen molar-refractivity contribution >= 4 is 58.2 Å². The second-order valence-corrected chi connectivity index (χ2v) is 6.82. The van der Waals surface area contributed by atoms with Gasteiger partial charge in [-0.1, -0.05) is 23.2 Å². The topological polar surface area (TPSA) is 67.4 Å². The highest BCUT2D eigenvalue weighted by Gasteiger charge is 2.16. The molecular weight excluding hydrogens is 371 g/mol. The SMILES string of the molecule is O=C(COc1cc(Cl)ccc1Cl)Nc1ccc2c(c1)NC(=O)CS2. The Labute approximate surface area is 152 Å². The van der Waals surface area contributed by atoms with E-state index in [9.17, 15) is 9.59 Å². The van der Waals surface area contributed by atoms with Crippen LogP contribution in [0, 0.1) is 0 Å². The third-order valence-corrected chi connectivity index (χ3v) is 4.77. The number of amides is 2. The van der Waals surface area contributed by atoms with Crippen LogP contribution >= 0.6 is 35.0 Å². The lowest BCUT2D eigenvalue weighted by atomic mass is 10.2. The van der Waals surface area contributed by atoms with E-state index in [0.717, 1.165) is 4.90 Å². The monoisotopic (exact) mass is 382 g/mol. The van der Waals surface area contributed by atoms with Crippen LogP contribution in [-0.4, -0.2) is 24.2 Å². The molecule has 0 fully saturated rings. The van der Waals surface area contributed by atoms with Gasteiger partial charge in [-0.25, -0.2) is 0 Å². The maximum absolute atomic E-state index is 12.0. The van der Waals surface area contributed by atoms with E-state index in [0.29, 0.717) is 32.9 Å². The molecule has 0 saturated carbocycles. The number of halogens is 2. The molecule has 0 bridgehead atoms. The molecule has 24 heavy (non-hydrogen) atoms. The summed E-state index contributed by atoms with van der Waals surface area (Å²) < 4.78 is 5.38. The highest BCUT2D eigenvalue weighted by molar-refractivity contribution is 8.00. The molecule has 1 aliphatic heterocycles. The summed E-state index contributed by atoms with van der Waals surface area (Å²) in [6.07, 6.45) is 0. The van der Waals surface area contributed by atoms with Gasteiger partial charge in [0.1, 0.15) is 5.75 Å². The van der Waals surface area contributed by atoms with E-state index in [1.165, 1.54) is 11.8 Å². The van der Waals surface area contributed by atoms with Crippen molar-refractivity contribution in [2.45, 2.75) is 4.90 Å². The van der Waals surface area contributed by atoms with Gasteiger partial charge < -0.3 is 15.4 Å². The average molecular weight is 383 g/mol. The Morgan fingerprint density at radius 3 is 2.92 bits per heavy atom. The molecule has 2 aromatic rings. The number of carbonyl (C=O) groups excluding carboxylic acids is 2. The van der Waals surface area contributed by atoms with Crippen LogP contribution in [0.2, 0.25) is 10.0 Å². The standard InChI is InChI=1S/C16H12Cl2N2O3S/c17-9-1-3-11(18)13(5-9)23-7-15(21)19-10-2-4-14-12(6-10)20-16(22)8-24-14/h1-6H,7-8H2,(H,19,21)(H,20,22). The molecule has 0 saturated heterocycles. The lowest BCUT2D eigenvalue weighted by molar-refractivity contribution is -0.118. The minimum absolute atomic E-state index is 0.0603. The largest absolute Gasteiger partial charge is 0.482 e. The molecule has 8 heteroatoms. The van der Waals surface area contributed by atoms with Crippen molar-refractivity contribution in [3.63, 3.8) is 0 Å². The Balaban J connectivity index is 1.62. The molecule has 1 aliphatic rings. The fourth-order valence-corrected chi connectivity index (χ4v) is 3.21. The molecule has 2 N–H and O–H groups in total. The molecule has 2 amide bonds. The first-order valence-electron chi connectivity index (χ1n) is 6.95. The molecular formula is C16H12Cl2N2O3S. The highest BCUT2D eigenvalue weighted by atomic mass is 35.5. The Kier molecular flexibility index (Phi) is 5.18. The molecule has 2 aromatic carbocycles. The molecule has 0 aromatic heterocycles. The van der Waals surface area contributed by atoms with Gasteiger partial charge in [0.25, 0.3) is 5.91 Å². The molecule has 1 heterocycles. The van der Waals surface area contributed by atoms with Gasteiger partial charge in [-0.2, -0.15) is 0 Å². The quantitative estimate of drug-likeness (QED) is 0.836. The first kappa shape index (κ1) is 17.0. The number of rotatable bonds is 4. The molecule has 3 rings (SSSR count). The fourth-order valence-electron chi connectivity index (χ4n) is 2.09. The number of hydrogen-bond acceptors (Lipinski definition) is 4. The zero-order chi connectivity index (χ0) is 17.1. The number of nitrogens with one attached hydrogen (secondary N) is 2. The number of thioether (sulfide) groups is 1. The third-order valence-electron chi connectivity index (χ3n) is 3.15. The summed E-state index contributed by atoms with van der Waals surface area (Å²) in [5, 5.41) is 6.33. The van der Waals surface area contributed by atoms with Crippen LogP contribution in [-0.2, 0) is 9.59 Å². The third kappa shape index (κ3) is 4.14. The van der Waals surface area contributed by atoms with Crippen molar-refractivity contribution in [3.8, 4) is 5.75 Å². The predicted molar refractivity (Wildman–Crippen MR) is 96.4 cm³/mol. The number of carbonyl (C=O) groups is 2. The van der Waals surface area contributed by atoms with E-state index in [-0.39, 0.29) is 18.4 Å². The van der Waals surface area contributed by atoms with E-state index in [2.05, 4.69) is 10.6 Å². The van der Waals surface area contributed by atoms with Crippen molar-refractivity contribution in [3.05, 3.63) is 46.4 Å². The highest BCUT2D eigenvalue weighted by Crippen LogP contribution is 2.33. The fraction of sp³-hybridized carbons (Fsp3) is 0.125. The Bertz CT molecular complexity index is 814. The van der Waals surface area contributed by atoms with Gasteiger partial charge in [-0.15, -0.1) is 11.8 Å². The van der Waals surface area contributed by atoms with Crippen LogP contribution in [0.15, 0.2) is 41.3 Å². The van der Waals surface area contributed by atoms with Crippen LogP contribution in [0.3, 0.4) is 0 Å². The summed E-state index contributed by atoms with van der Waals surface area (Å²) in [6.45, 7) is -0.210. The van der Waals surface area contributed by atoms with Crippen molar-refractivity contribution in [2.24, 2.45) is 0 Å². The Hall–Kier alpha value is -1.89. The van der Waals surface area contributed by atoms with Gasteiger partial charge in [0, 0.05) is 21.7 Å². The number of hydrogen-bond donors (Lipinski definition) is 2. The van der Waals surface area contributed by atoms with Crippen LogP contribution in [0.4, 0.5) is 11.4 Å². The van der Waals surface area contributed by atoms with Gasteiger partial charge >= 0.3 is 0 Å². The van der Waals surface area contributed by atoms with Crippen molar-refractivity contribution in [1.82, 2.24) is 0 Å². The molecule has 0 atom stereocenters. The first-order chi connectivity index (χ1) is 11.5. The van der Waals surface area contributed by atoms with E-state index >= 15 is 0 Å². The van der Waals surface area contributed by atoms with Crippen LogP contribution in [0.25, 0.3) is 0 Å². The van der Waals surface area contributed by atoms with E-state index in [1.807, 2.05) is 6.07 Å². The van der Waals surface area contributed by atoms with Crippen LogP contribution in [0.1, 0.15) is 0 Å². The van der Waals surface area contributed by atoms with E-state index in [1.54, 1.807) is 30.3 Å². The number of ether oxygens (including phenoxy) is 1. The number of benzene rings is 2. The van der Waals surface area contributed by atoms with Crippen LogP contribution < -0.4 is 15.4 Å². The lowest BCUT2D eigenvalue weighted by Gasteiger charge is -2.17. The van der Waals surface area contributed by atoms with E-state index in [4.69, 9.17) is 27.9 Å². The molecule has 5 nitrogen and oxygen atoms in total. The smallest absolute Gasteiger partial charge is 0.262 e. The number of anilines is 2. The molecule has 0 spiro atoms. The minimum Gasteiger partial charge on any atom is -0.482 e. The second-order valence-electron chi connectivity index (χ2n) is 4.96. The lowest BCUT2D eigenvalue weighted by Crippen LogP contribution is -2.21. The summed E-state index contributed by atoms with van der Waals surface area (Å²) in [7, 11) is 0. The van der Waals surface area contributed by atoms with Crippen molar-refractivity contribution in [1.29, 1.82) is 0 Å². The normalized spacial score (nSPS) is 13.0. The first-order valence-corrected chi connectivity index (χ1v) is 8.70. The summed E-state index contributed by atoms with van der Waals surface area (Å²) in [5.74, 6) is 0.330. The maximum atomic E-state index is 12.0. The molecule has 0 unspecified atom stereocenters. The van der Waals surface area contributed by atoms with Gasteiger partial charge in [-0.05, 0) is 30.3 Å². The van der Waals surface area contributed by atoms with E-state index < -0.39 is 0 Å². The zero-order valence-electron chi connectivity index (χ0n) is 12.3. The Morgan fingerprint density at radius 1 is 1.25 bits per heavy atom. The van der Waals surface area contributed by atoms with Gasteiger partial charge in [0.2, 0.25) is 5.91 Å². The molecule has 0 radical (unpaired) electrons. The molecule has 124 valence electrons. The van der Waals surface area contributed by atoms with Gasteiger partial charge in [-0.3, -0.25) is 9.59 Å². The van der Waals surface area contributed by atoms with Gasteiger partial charge in [0.15, 0.2) is 6.61 Å². The number of fused-ring (bicyclic) bond motifs is 1.